The molecule has 0 saturated carbocycles. The first kappa shape index (κ1) is 12.8. The van der Waals surface area contributed by atoms with Crippen LogP contribution in [0.25, 0.3) is 0 Å². The zero-order valence-corrected chi connectivity index (χ0v) is 10.3. The molecule has 0 atom stereocenters. The second kappa shape index (κ2) is 5.31. The lowest BCUT2D eigenvalue weighted by Gasteiger charge is -2.07. The summed E-state index contributed by atoms with van der Waals surface area (Å²) >= 11 is 5.76. The first-order chi connectivity index (χ1) is 8.60. The van der Waals surface area contributed by atoms with Gasteiger partial charge in [0.1, 0.15) is 5.15 Å². The molecule has 0 fully saturated rings. The molecule has 0 aliphatic carbocycles. The highest BCUT2D eigenvalue weighted by Gasteiger charge is 2.11. The summed E-state index contributed by atoms with van der Waals surface area (Å²) in [6.45, 7) is 0. The summed E-state index contributed by atoms with van der Waals surface area (Å²) in [6.07, 6.45) is 1.99. The Morgan fingerprint density at radius 2 is 2.00 bits per heavy atom. The molecular weight excluding hydrogens is 260 g/mol. The predicted molar refractivity (Wildman–Crippen MR) is 65.0 cm³/mol. The lowest BCUT2D eigenvalue weighted by molar-refractivity contribution is 0.371. The molecule has 0 aliphatic heterocycles. The molecule has 2 nitrogen and oxygen atoms in total. The van der Waals surface area contributed by atoms with Gasteiger partial charge < -0.3 is 4.74 Å². The summed E-state index contributed by atoms with van der Waals surface area (Å²) in [7, 11) is 1.30. The average molecular weight is 270 g/mol. The highest BCUT2D eigenvalue weighted by molar-refractivity contribution is 6.29. The van der Waals surface area contributed by atoms with Gasteiger partial charge in [0.05, 0.1) is 7.11 Å². The molecule has 94 valence electrons. The van der Waals surface area contributed by atoms with Crippen molar-refractivity contribution in [2.75, 3.05) is 7.11 Å². The first-order valence-electron chi connectivity index (χ1n) is 5.22. The molecule has 1 aromatic heterocycles. The summed E-state index contributed by atoms with van der Waals surface area (Å²) in [4.78, 5) is 3.85. The minimum atomic E-state index is -0.978. The third-order valence-electron chi connectivity index (χ3n) is 2.47. The van der Waals surface area contributed by atoms with Gasteiger partial charge in [-0.1, -0.05) is 11.6 Å². The van der Waals surface area contributed by atoms with Crippen molar-refractivity contribution >= 4 is 11.6 Å². The van der Waals surface area contributed by atoms with Crippen molar-refractivity contribution in [2.24, 2.45) is 0 Å². The SMILES string of the molecule is COc1cc(Cc2ccnc(Cl)c2)cc(F)c1F. The van der Waals surface area contributed by atoms with E-state index in [0.717, 1.165) is 11.6 Å². The van der Waals surface area contributed by atoms with E-state index in [1.165, 1.54) is 13.2 Å². The zero-order chi connectivity index (χ0) is 13.1. The fraction of sp³-hybridized carbons (Fsp3) is 0.154. The maximum atomic E-state index is 13.3. The Kier molecular flexibility index (Phi) is 3.77. The van der Waals surface area contributed by atoms with Gasteiger partial charge in [0.2, 0.25) is 5.82 Å². The standard InChI is InChI=1S/C13H10ClF2NO/c1-18-11-6-9(5-10(15)13(11)16)4-8-2-3-17-12(14)7-8/h2-3,5-7H,4H2,1H3. The molecule has 2 rings (SSSR count). The fourth-order valence-corrected chi connectivity index (χ4v) is 1.85. The number of hydrogen-bond donors (Lipinski definition) is 0. The molecule has 0 N–H and O–H groups in total. The van der Waals surface area contributed by atoms with E-state index in [0.29, 0.717) is 17.1 Å². The van der Waals surface area contributed by atoms with E-state index in [4.69, 9.17) is 16.3 Å². The Hall–Kier alpha value is -1.68. The van der Waals surface area contributed by atoms with E-state index >= 15 is 0 Å². The number of rotatable bonds is 3. The van der Waals surface area contributed by atoms with Crippen LogP contribution in [0.2, 0.25) is 5.15 Å². The molecule has 0 unspecified atom stereocenters. The number of aromatic nitrogens is 1. The maximum Gasteiger partial charge on any atom is 0.200 e. The maximum absolute atomic E-state index is 13.3. The van der Waals surface area contributed by atoms with Crippen LogP contribution in [0.5, 0.6) is 5.75 Å². The second-order valence-electron chi connectivity index (χ2n) is 3.76. The van der Waals surface area contributed by atoms with Gasteiger partial charge in [0.15, 0.2) is 11.6 Å². The van der Waals surface area contributed by atoms with Crippen LogP contribution in [0.1, 0.15) is 11.1 Å². The third-order valence-corrected chi connectivity index (χ3v) is 2.68. The van der Waals surface area contributed by atoms with Gasteiger partial charge in [-0.05, 0) is 41.8 Å². The van der Waals surface area contributed by atoms with E-state index in [-0.39, 0.29) is 5.75 Å². The Morgan fingerprint density at radius 3 is 2.67 bits per heavy atom. The van der Waals surface area contributed by atoms with Crippen molar-refractivity contribution < 1.29 is 13.5 Å². The predicted octanol–water partition coefficient (Wildman–Crippen LogP) is 3.61. The molecule has 0 spiro atoms. The molecule has 5 heteroatoms. The Balaban J connectivity index is 2.32. The van der Waals surface area contributed by atoms with E-state index in [1.54, 1.807) is 18.3 Å². The average Bonchev–Trinajstić information content (AvgIpc) is 2.33. The molecule has 0 amide bonds. The second-order valence-corrected chi connectivity index (χ2v) is 4.14. The van der Waals surface area contributed by atoms with Crippen LogP contribution in [0.4, 0.5) is 8.78 Å². The first-order valence-corrected chi connectivity index (χ1v) is 5.60. The summed E-state index contributed by atoms with van der Waals surface area (Å²) in [5.41, 5.74) is 1.47. The van der Waals surface area contributed by atoms with Gasteiger partial charge in [-0.15, -0.1) is 0 Å². The summed E-state index contributed by atoms with van der Waals surface area (Å²) in [5.74, 6) is -2.01. The van der Waals surface area contributed by atoms with Gasteiger partial charge >= 0.3 is 0 Å². The molecule has 1 aromatic carbocycles. The number of nitrogens with zero attached hydrogens (tertiary/aromatic N) is 1. The van der Waals surface area contributed by atoms with Crippen LogP contribution in [0.3, 0.4) is 0 Å². The van der Waals surface area contributed by atoms with Gasteiger partial charge in [-0.25, -0.2) is 9.37 Å². The molecule has 2 aromatic rings. The van der Waals surface area contributed by atoms with Crippen LogP contribution in [-0.4, -0.2) is 12.1 Å². The summed E-state index contributed by atoms with van der Waals surface area (Å²) in [5, 5.41) is 0.363. The molecule has 0 radical (unpaired) electrons. The lowest BCUT2D eigenvalue weighted by atomic mass is 10.1. The minimum absolute atomic E-state index is 0.106. The Bertz CT molecular complexity index is 575. The third kappa shape index (κ3) is 2.76. The molecule has 0 saturated heterocycles. The monoisotopic (exact) mass is 269 g/mol. The van der Waals surface area contributed by atoms with Crippen molar-refractivity contribution in [3.8, 4) is 5.75 Å². The van der Waals surface area contributed by atoms with Crippen LogP contribution < -0.4 is 4.74 Å². The zero-order valence-electron chi connectivity index (χ0n) is 9.58. The molecule has 18 heavy (non-hydrogen) atoms. The van der Waals surface area contributed by atoms with Crippen LogP contribution in [0, 0.1) is 11.6 Å². The van der Waals surface area contributed by atoms with E-state index in [2.05, 4.69) is 4.98 Å². The van der Waals surface area contributed by atoms with Gasteiger partial charge in [-0.2, -0.15) is 4.39 Å². The topological polar surface area (TPSA) is 22.1 Å². The fourth-order valence-electron chi connectivity index (χ4n) is 1.66. The van der Waals surface area contributed by atoms with Crippen LogP contribution >= 0.6 is 11.6 Å². The number of pyridine rings is 1. The van der Waals surface area contributed by atoms with E-state index in [1.807, 2.05) is 0 Å². The normalized spacial score (nSPS) is 10.4. The van der Waals surface area contributed by atoms with E-state index in [9.17, 15) is 8.78 Å². The smallest absolute Gasteiger partial charge is 0.200 e. The largest absolute Gasteiger partial charge is 0.494 e. The quantitative estimate of drug-likeness (QED) is 0.794. The van der Waals surface area contributed by atoms with Crippen LogP contribution in [-0.2, 0) is 6.42 Å². The van der Waals surface area contributed by atoms with Crippen molar-refractivity contribution in [2.45, 2.75) is 6.42 Å². The van der Waals surface area contributed by atoms with Crippen molar-refractivity contribution in [3.63, 3.8) is 0 Å². The van der Waals surface area contributed by atoms with Crippen molar-refractivity contribution in [3.05, 3.63) is 58.4 Å². The van der Waals surface area contributed by atoms with Gasteiger partial charge in [0.25, 0.3) is 0 Å². The molecule has 1 heterocycles. The van der Waals surface area contributed by atoms with Gasteiger partial charge in [-0.3, -0.25) is 0 Å². The Labute approximate surface area is 108 Å². The van der Waals surface area contributed by atoms with Gasteiger partial charge in [0, 0.05) is 6.20 Å². The molecular formula is C13H10ClF2NO. The summed E-state index contributed by atoms with van der Waals surface area (Å²) in [6, 6.07) is 6.05. The Morgan fingerprint density at radius 1 is 1.22 bits per heavy atom. The number of ether oxygens (including phenoxy) is 1. The highest BCUT2D eigenvalue weighted by atomic mass is 35.5. The number of hydrogen-bond acceptors (Lipinski definition) is 2. The van der Waals surface area contributed by atoms with E-state index < -0.39 is 11.6 Å². The highest BCUT2D eigenvalue weighted by Crippen LogP contribution is 2.23. The number of methoxy groups -OCH3 is 1. The minimum Gasteiger partial charge on any atom is -0.494 e. The molecule has 0 bridgehead atoms. The number of benzene rings is 1. The van der Waals surface area contributed by atoms with Crippen molar-refractivity contribution in [1.29, 1.82) is 0 Å². The lowest BCUT2D eigenvalue weighted by Crippen LogP contribution is -1.97. The molecule has 0 aliphatic rings. The van der Waals surface area contributed by atoms with Crippen LogP contribution in [0.15, 0.2) is 30.5 Å². The van der Waals surface area contributed by atoms with Crippen molar-refractivity contribution in [1.82, 2.24) is 4.98 Å². The number of halogens is 3. The summed E-state index contributed by atoms with van der Waals surface area (Å²) < 4.78 is 31.3.